The Labute approximate surface area is 157 Å². The number of halogens is 1. The summed E-state index contributed by atoms with van der Waals surface area (Å²) in [5, 5.41) is 0.820. The van der Waals surface area contributed by atoms with Gasteiger partial charge < -0.3 is 14.7 Å². The number of aromatic nitrogens is 2. The van der Waals surface area contributed by atoms with Crippen LogP contribution in [0.4, 0.5) is 4.39 Å². The van der Waals surface area contributed by atoms with Crippen LogP contribution in [0.5, 0.6) is 0 Å². The van der Waals surface area contributed by atoms with Crippen LogP contribution in [0.3, 0.4) is 0 Å². The fourth-order valence-electron chi connectivity index (χ4n) is 3.28. The minimum Gasteiger partial charge on any atom is -0.489 e. The Morgan fingerprint density at radius 1 is 1.11 bits per heavy atom. The van der Waals surface area contributed by atoms with Gasteiger partial charge in [0.05, 0.1) is 17.5 Å². The van der Waals surface area contributed by atoms with Crippen molar-refractivity contribution < 1.29 is 9.13 Å². The van der Waals surface area contributed by atoms with Gasteiger partial charge >= 0.3 is 0 Å². The van der Waals surface area contributed by atoms with Crippen molar-refractivity contribution >= 4 is 22.7 Å². The van der Waals surface area contributed by atoms with Gasteiger partial charge in [-0.25, -0.2) is 9.38 Å². The molecule has 5 heteroatoms. The van der Waals surface area contributed by atoms with E-state index in [-0.39, 0.29) is 11.9 Å². The molecule has 0 fully saturated rings. The highest BCUT2D eigenvalue weighted by atomic mass is 19.1. The van der Waals surface area contributed by atoms with Crippen molar-refractivity contribution in [3.05, 3.63) is 76.3 Å². The maximum absolute atomic E-state index is 13.5. The number of aliphatic imine (C=N–C) groups is 1. The zero-order valence-electron chi connectivity index (χ0n) is 15.9. The minimum absolute atomic E-state index is 0.0393. The number of nitrogens with one attached hydrogen (secondary N) is 2. The molecule has 1 aliphatic rings. The molecular formula is C22H22FN3O. The standard InChI is InChI=1S/C22H22FN3O/c1-12(2)27-22-11-20(19-9-15-8-16(23)5-6-17(15)25-19)26-21(22)10-18-13(3)7-14(4)24-18/h5-12,24-25H,1-4H3. The number of fused-ring (bicyclic) bond motifs is 1. The van der Waals surface area contributed by atoms with E-state index in [1.165, 1.54) is 12.1 Å². The Morgan fingerprint density at radius 2 is 1.93 bits per heavy atom. The molecule has 2 N–H and O–H groups in total. The highest BCUT2D eigenvalue weighted by Crippen LogP contribution is 2.28. The van der Waals surface area contributed by atoms with Crippen LogP contribution in [0.2, 0.25) is 0 Å². The summed E-state index contributed by atoms with van der Waals surface area (Å²) in [4.78, 5) is 11.4. The van der Waals surface area contributed by atoms with Crippen molar-refractivity contribution in [1.82, 2.24) is 9.97 Å². The predicted molar refractivity (Wildman–Crippen MR) is 107 cm³/mol. The number of nitrogens with zero attached hydrogens (tertiary/aromatic N) is 1. The quantitative estimate of drug-likeness (QED) is 0.640. The fourth-order valence-corrected chi connectivity index (χ4v) is 3.28. The van der Waals surface area contributed by atoms with Crippen LogP contribution in [-0.4, -0.2) is 21.8 Å². The third-order valence-electron chi connectivity index (χ3n) is 4.45. The molecule has 0 amide bonds. The molecule has 0 bridgehead atoms. The lowest BCUT2D eigenvalue weighted by Gasteiger charge is -2.11. The van der Waals surface area contributed by atoms with Crippen molar-refractivity contribution in [3.63, 3.8) is 0 Å². The molecule has 0 spiro atoms. The maximum atomic E-state index is 13.5. The second kappa shape index (κ2) is 6.58. The third kappa shape index (κ3) is 3.45. The SMILES string of the molecule is Cc1cc(C)c(C=C2N=C(c3cc4cc(F)ccc4[nH]3)C=C2OC(C)C)[nH]1. The first-order chi connectivity index (χ1) is 12.9. The lowest BCUT2D eigenvalue weighted by Crippen LogP contribution is -2.02. The van der Waals surface area contributed by atoms with Crippen molar-refractivity contribution in [2.75, 3.05) is 0 Å². The Morgan fingerprint density at radius 3 is 2.63 bits per heavy atom. The summed E-state index contributed by atoms with van der Waals surface area (Å²) < 4.78 is 19.5. The van der Waals surface area contributed by atoms with E-state index in [0.29, 0.717) is 0 Å². The highest BCUT2D eigenvalue weighted by molar-refractivity contribution is 6.13. The van der Waals surface area contributed by atoms with Crippen LogP contribution in [0.15, 0.2) is 52.9 Å². The Bertz CT molecular complexity index is 1110. The number of aromatic amines is 2. The first-order valence-corrected chi connectivity index (χ1v) is 9.03. The number of ether oxygens (including phenoxy) is 1. The number of allylic oxidation sites excluding steroid dienone is 1. The average molecular weight is 363 g/mol. The lowest BCUT2D eigenvalue weighted by molar-refractivity contribution is 0.155. The van der Waals surface area contributed by atoms with Crippen LogP contribution in [0.1, 0.15) is 36.5 Å². The van der Waals surface area contributed by atoms with E-state index < -0.39 is 0 Å². The van der Waals surface area contributed by atoms with Crippen LogP contribution in [0, 0.1) is 19.7 Å². The number of hydrogen-bond donors (Lipinski definition) is 2. The molecule has 0 atom stereocenters. The minimum atomic E-state index is -0.251. The van der Waals surface area contributed by atoms with Gasteiger partial charge in [-0.15, -0.1) is 0 Å². The van der Waals surface area contributed by atoms with E-state index in [1.807, 2.05) is 39.0 Å². The molecule has 1 aromatic carbocycles. The molecule has 3 aromatic rings. The van der Waals surface area contributed by atoms with Crippen molar-refractivity contribution in [2.45, 2.75) is 33.8 Å². The molecule has 27 heavy (non-hydrogen) atoms. The molecule has 0 radical (unpaired) electrons. The first-order valence-electron chi connectivity index (χ1n) is 9.03. The monoisotopic (exact) mass is 363 g/mol. The van der Waals surface area contributed by atoms with Crippen molar-refractivity contribution in [1.29, 1.82) is 0 Å². The molecule has 0 aliphatic carbocycles. The molecule has 4 rings (SSSR count). The Kier molecular flexibility index (Phi) is 4.22. The summed E-state index contributed by atoms with van der Waals surface area (Å²) >= 11 is 0. The second-order valence-corrected chi connectivity index (χ2v) is 7.17. The maximum Gasteiger partial charge on any atom is 0.147 e. The van der Waals surface area contributed by atoms with E-state index in [1.54, 1.807) is 6.07 Å². The molecule has 138 valence electrons. The van der Waals surface area contributed by atoms with Crippen molar-refractivity contribution in [2.24, 2.45) is 4.99 Å². The summed E-state index contributed by atoms with van der Waals surface area (Å²) in [6.45, 7) is 8.08. The van der Waals surface area contributed by atoms with E-state index in [2.05, 4.69) is 23.0 Å². The zero-order chi connectivity index (χ0) is 19.1. The third-order valence-corrected chi connectivity index (χ3v) is 4.45. The van der Waals surface area contributed by atoms with Gasteiger partial charge in [-0.2, -0.15) is 0 Å². The number of rotatable bonds is 4. The number of benzene rings is 1. The van der Waals surface area contributed by atoms with Crippen molar-refractivity contribution in [3.8, 4) is 0 Å². The van der Waals surface area contributed by atoms with E-state index in [4.69, 9.17) is 9.73 Å². The Balaban J connectivity index is 1.77. The predicted octanol–water partition coefficient (Wildman–Crippen LogP) is 5.40. The van der Waals surface area contributed by atoms with Gasteiger partial charge in [-0.05, 0) is 69.7 Å². The number of H-pyrrole nitrogens is 2. The molecular weight excluding hydrogens is 341 g/mol. The molecule has 1 aliphatic heterocycles. The smallest absolute Gasteiger partial charge is 0.147 e. The fraction of sp³-hybridized carbons (Fsp3) is 0.227. The Hall–Kier alpha value is -3.08. The molecule has 0 saturated carbocycles. The summed E-state index contributed by atoms with van der Waals surface area (Å²) in [5.74, 6) is 0.482. The lowest BCUT2D eigenvalue weighted by atomic mass is 10.2. The largest absolute Gasteiger partial charge is 0.489 e. The first kappa shape index (κ1) is 17.3. The summed E-state index contributed by atoms with van der Waals surface area (Å²) in [5.41, 5.74) is 6.54. The average Bonchev–Trinajstić information content (AvgIpc) is 3.25. The normalized spacial score (nSPS) is 15.7. The number of hydrogen-bond acceptors (Lipinski definition) is 2. The van der Waals surface area contributed by atoms with Gasteiger partial charge in [-0.3, -0.25) is 0 Å². The van der Waals surface area contributed by atoms with Crippen LogP contribution in [-0.2, 0) is 4.74 Å². The summed E-state index contributed by atoms with van der Waals surface area (Å²) in [7, 11) is 0. The van der Waals surface area contributed by atoms with Gasteiger partial charge in [0.25, 0.3) is 0 Å². The van der Waals surface area contributed by atoms with Gasteiger partial charge in [0.15, 0.2) is 0 Å². The molecule has 2 aromatic heterocycles. The van der Waals surface area contributed by atoms with Gasteiger partial charge in [0.2, 0.25) is 0 Å². The van der Waals surface area contributed by atoms with E-state index in [9.17, 15) is 4.39 Å². The molecule has 3 heterocycles. The highest BCUT2D eigenvalue weighted by Gasteiger charge is 2.20. The molecule has 0 saturated heterocycles. The van der Waals surface area contributed by atoms with Gasteiger partial charge in [0, 0.05) is 28.4 Å². The van der Waals surface area contributed by atoms with E-state index >= 15 is 0 Å². The zero-order valence-corrected chi connectivity index (χ0v) is 15.9. The van der Waals surface area contributed by atoms with Gasteiger partial charge in [-0.1, -0.05) is 0 Å². The summed E-state index contributed by atoms with van der Waals surface area (Å²) in [6, 6.07) is 8.71. The van der Waals surface area contributed by atoms with Crippen LogP contribution >= 0.6 is 0 Å². The van der Waals surface area contributed by atoms with Crippen LogP contribution in [0.25, 0.3) is 17.0 Å². The number of aryl methyl sites for hydroxylation is 2. The van der Waals surface area contributed by atoms with Gasteiger partial charge in [0.1, 0.15) is 17.3 Å². The topological polar surface area (TPSA) is 53.2 Å². The molecule has 0 unspecified atom stereocenters. The second-order valence-electron chi connectivity index (χ2n) is 7.17. The summed E-state index contributed by atoms with van der Waals surface area (Å²) in [6.07, 6.45) is 3.97. The molecule has 4 nitrogen and oxygen atoms in total. The van der Waals surface area contributed by atoms with Crippen LogP contribution < -0.4 is 0 Å². The van der Waals surface area contributed by atoms with E-state index in [0.717, 1.165) is 50.7 Å².